The molecule has 2 amide bonds. The van der Waals surface area contributed by atoms with E-state index >= 15 is 0 Å². The molecule has 0 unspecified atom stereocenters. The van der Waals surface area contributed by atoms with Crippen LogP contribution in [0.5, 0.6) is 0 Å². The Hall–Kier alpha value is -1.68. The standard InChI is InChI=1S/C19H18BrNO2/c1-3-10(2)15-13-8-9-14(15)17-16(13)18(22)21(19(17)23)12-6-4-11(20)5-7-12/h4-9,13-14,16-17H,3H2,1-2H3/t13-,14-,16+,17+/m0/s1. The molecule has 3 nitrogen and oxygen atoms in total. The number of carbonyl (C=O) groups excluding carboxylic acids is 2. The zero-order valence-corrected chi connectivity index (χ0v) is 14.7. The van der Waals surface area contributed by atoms with Crippen molar-refractivity contribution in [1.82, 2.24) is 0 Å². The number of amides is 2. The van der Waals surface area contributed by atoms with Gasteiger partial charge in [0.2, 0.25) is 11.8 Å². The van der Waals surface area contributed by atoms with Crippen LogP contribution in [-0.2, 0) is 9.59 Å². The van der Waals surface area contributed by atoms with Gasteiger partial charge in [0, 0.05) is 16.3 Å². The number of imide groups is 1. The Morgan fingerprint density at radius 2 is 1.57 bits per heavy atom. The first-order valence-electron chi connectivity index (χ1n) is 8.05. The smallest absolute Gasteiger partial charge is 0.238 e. The molecule has 1 aromatic rings. The van der Waals surface area contributed by atoms with Gasteiger partial charge in [0.05, 0.1) is 17.5 Å². The van der Waals surface area contributed by atoms with E-state index in [1.54, 1.807) is 0 Å². The van der Waals surface area contributed by atoms with Gasteiger partial charge in [0.25, 0.3) is 0 Å². The summed E-state index contributed by atoms with van der Waals surface area (Å²) in [6.45, 7) is 4.26. The number of nitrogens with zero attached hydrogens (tertiary/aromatic N) is 1. The highest BCUT2D eigenvalue weighted by atomic mass is 79.9. The summed E-state index contributed by atoms with van der Waals surface area (Å²) in [5.41, 5.74) is 3.32. The molecular weight excluding hydrogens is 354 g/mol. The van der Waals surface area contributed by atoms with Crippen LogP contribution in [0.1, 0.15) is 20.3 Å². The highest BCUT2D eigenvalue weighted by molar-refractivity contribution is 9.10. The molecule has 2 bridgehead atoms. The molecule has 2 aliphatic carbocycles. The molecule has 1 aromatic carbocycles. The van der Waals surface area contributed by atoms with Crippen LogP contribution in [0.2, 0.25) is 0 Å². The number of anilines is 1. The number of halogens is 1. The van der Waals surface area contributed by atoms with E-state index in [4.69, 9.17) is 0 Å². The van der Waals surface area contributed by atoms with Crippen LogP contribution in [-0.4, -0.2) is 11.8 Å². The Bertz CT molecular complexity index is 728. The molecule has 118 valence electrons. The Morgan fingerprint density at radius 1 is 1.04 bits per heavy atom. The zero-order chi connectivity index (χ0) is 16.3. The number of hydrogen-bond donors (Lipinski definition) is 0. The predicted octanol–water partition coefficient (Wildman–Crippen LogP) is 4.10. The van der Waals surface area contributed by atoms with Crippen LogP contribution in [0.15, 0.2) is 52.0 Å². The minimum absolute atomic E-state index is 0.0411. The Labute approximate surface area is 144 Å². The number of rotatable bonds is 2. The quantitative estimate of drug-likeness (QED) is 0.579. The molecule has 1 saturated heterocycles. The second-order valence-electron chi connectivity index (χ2n) is 6.57. The van der Waals surface area contributed by atoms with Gasteiger partial charge in [0.15, 0.2) is 0 Å². The predicted molar refractivity (Wildman–Crippen MR) is 92.7 cm³/mol. The van der Waals surface area contributed by atoms with Gasteiger partial charge in [-0.05, 0) is 37.6 Å². The maximum atomic E-state index is 13.0. The summed E-state index contributed by atoms with van der Waals surface area (Å²) in [6, 6.07) is 7.38. The molecule has 4 atom stereocenters. The molecule has 0 N–H and O–H groups in total. The molecular formula is C19H18BrNO2. The molecule has 0 radical (unpaired) electrons. The third-order valence-corrected chi connectivity index (χ3v) is 6.05. The summed E-state index contributed by atoms with van der Waals surface area (Å²) in [5.74, 6) is -0.278. The molecule has 1 saturated carbocycles. The van der Waals surface area contributed by atoms with E-state index in [0.717, 1.165) is 10.9 Å². The van der Waals surface area contributed by atoms with E-state index in [1.165, 1.54) is 16.0 Å². The van der Waals surface area contributed by atoms with Gasteiger partial charge in [-0.15, -0.1) is 0 Å². The fourth-order valence-electron chi connectivity index (χ4n) is 4.38. The summed E-state index contributed by atoms with van der Waals surface area (Å²) >= 11 is 3.39. The molecule has 4 rings (SSSR count). The van der Waals surface area contributed by atoms with Gasteiger partial charge in [-0.1, -0.05) is 46.2 Å². The second-order valence-corrected chi connectivity index (χ2v) is 7.48. The highest BCUT2D eigenvalue weighted by Gasteiger charge is 2.61. The zero-order valence-electron chi connectivity index (χ0n) is 13.1. The van der Waals surface area contributed by atoms with Crippen molar-refractivity contribution in [2.75, 3.05) is 4.90 Å². The molecule has 0 aromatic heterocycles. The van der Waals surface area contributed by atoms with Crippen LogP contribution >= 0.6 is 15.9 Å². The third-order valence-electron chi connectivity index (χ3n) is 5.52. The maximum absolute atomic E-state index is 13.0. The summed E-state index contributed by atoms with van der Waals surface area (Å²) in [5, 5.41) is 0. The van der Waals surface area contributed by atoms with Gasteiger partial charge in [0.1, 0.15) is 0 Å². The topological polar surface area (TPSA) is 37.4 Å². The van der Waals surface area contributed by atoms with Crippen molar-refractivity contribution in [3.8, 4) is 0 Å². The second kappa shape index (κ2) is 5.17. The molecule has 1 aliphatic heterocycles. The van der Waals surface area contributed by atoms with E-state index in [1.807, 2.05) is 24.3 Å². The van der Waals surface area contributed by atoms with Crippen molar-refractivity contribution in [3.63, 3.8) is 0 Å². The summed E-state index contributed by atoms with van der Waals surface area (Å²) < 4.78 is 0.936. The van der Waals surface area contributed by atoms with Crippen molar-refractivity contribution in [3.05, 3.63) is 52.0 Å². The average molecular weight is 372 g/mol. The first-order valence-corrected chi connectivity index (χ1v) is 8.85. The van der Waals surface area contributed by atoms with Gasteiger partial charge in [-0.25, -0.2) is 4.90 Å². The SMILES string of the molecule is CCC(C)=C1[C@@H]2C=C[C@@H]1[C@H]1C(=O)N(c3ccc(Br)cc3)C(=O)[C@@H]12. The van der Waals surface area contributed by atoms with Crippen molar-refractivity contribution < 1.29 is 9.59 Å². The monoisotopic (exact) mass is 371 g/mol. The number of fused-ring (bicyclic) bond motifs is 5. The molecule has 1 heterocycles. The fourth-order valence-corrected chi connectivity index (χ4v) is 4.65. The molecule has 4 heteroatoms. The van der Waals surface area contributed by atoms with Crippen molar-refractivity contribution in [2.45, 2.75) is 20.3 Å². The molecule has 2 fully saturated rings. The summed E-state index contributed by atoms with van der Waals surface area (Å²) in [7, 11) is 0. The van der Waals surface area contributed by atoms with Crippen LogP contribution in [0.4, 0.5) is 5.69 Å². The van der Waals surface area contributed by atoms with Crippen molar-refractivity contribution in [2.24, 2.45) is 23.7 Å². The molecule has 23 heavy (non-hydrogen) atoms. The first-order chi connectivity index (χ1) is 11.0. The Balaban J connectivity index is 1.74. The minimum atomic E-state index is -0.211. The maximum Gasteiger partial charge on any atom is 0.238 e. The fraction of sp³-hybridized carbons (Fsp3) is 0.368. The number of benzene rings is 1. The van der Waals surface area contributed by atoms with Crippen molar-refractivity contribution >= 4 is 33.4 Å². The molecule has 3 aliphatic rings. The average Bonchev–Trinajstić information content (AvgIpc) is 3.18. The lowest BCUT2D eigenvalue weighted by Gasteiger charge is -2.19. The largest absolute Gasteiger partial charge is 0.274 e. The van der Waals surface area contributed by atoms with Gasteiger partial charge >= 0.3 is 0 Å². The number of hydrogen-bond acceptors (Lipinski definition) is 2. The van der Waals surface area contributed by atoms with Gasteiger partial charge < -0.3 is 0 Å². The van der Waals surface area contributed by atoms with E-state index in [9.17, 15) is 9.59 Å². The van der Waals surface area contributed by atoms with E-state index in [2.05, 4.69) is 41.9 Å². The first kappa shape index (κ1) is 14.9. The number of allylic oxidation sites excluding steroid dienone is 4. The van der Waals surface area contributed by atoms with Gasteiger partial charge in [-0.3, -0.25) is 9.59 Å². The lowest BCUT2D eigenvalue weighted by Crippen LogP contribution is -2.33. The van der Waals surface area contributed by atoms with Gasteiger partial charge in [-0.2, -0.15) is 0 Å². The van der Waals surface area contributed by atoms with Crippen LogP contribution in [0.25, 0.3) is 0 Å². The van der Waals surface area contributed by atoms with E-state index in [-0.39, 0.29) is 35.5 Å². The lowest BCUT2D eigenvalue weighted by molar-refractivity contribution is -0.122. The Kier molecular flexibility index (Phi) is 3.34. The van der Waals surface area contributed by atoms with E-state index < -0.39 is 0 Å². The minimum Gasteiger partial charge on any atom is -0.274 e. The number of carbonyl (C=O) groups is 2. The normalized spacial score (nSPS) is 31.3. The van der Waals surface area contributed by atoms with Crippen LogP contribution in [0.3, 0.4) is 0 Å². The molecule has 0 spiro atoms. The highest BCUT2D eigenvalue weighted by Crippen LogP contribution is 2.57. The van der Waals surface area contributed by atoms with Crippen LogP contribution in [0, 0.1) is 23.7 Å². The summed E-state index contributed by atoms with van der Waals surface area (Å²) in [4.78, 5) is 27.3. The summed E-state index contributed by atoms with van der Waals surface area (Å²) in [6.07, 6.45) is 5.25. The van der Waals surface area contributed by atoms with E-state index in [0.29, 0.717) is 5.69 Å². The Morgan fingerprint density at radius 3 is 2.04 bits per heavy atom. The lowest BCUT2D eigenvalue weighted by atomic mass is 9.85. The van der Waals surface area contributed by atoms with Crippen molar-refractivity contribution in [1.29, 1.82) is 0 Å². The van der Waals surface area contributed by atoms with Crippen LogP contribution < -0.4 is 4.90 Å². The third kappa shape index (κ3) is 1.94.